The Morgan fingerprint density at radius 3 is 2.81 bits per heavy atom. The maximum atomic E-state index is 12.4. The van der Waals surface area contributed by atoms with E-state index in [0.717, 1.165) is 6.07 Å². The zero-order valence-corrected chi connectivity index (χ0v) is 12.2. The third kappa shape index (κ3) is 3.08. The highest BCUT2D eigenvalue weighted by Crippen LogP contribution is 2.31. The molecular formula is C13H16ClN3O4. The van der Waals surface area contributed by atoms with Crippen LogP contribution in [0.15, 0.2) is 12.1 Å². The van der Waals surface area contributed by atoms with Crippen molar-refractivity contribution in [2.45, 2.75) is 19.4 Å². The number of anilines is 1. The molecule has 1 fully saturated rings. The molecule has 0 spiro atoms. The minimum atomic E-state index is -0.666. The number of carbonyl (C=O) groups is 1. The molecule has 2 rings (SSSR count). The van der Waals surface area contributed by atoms with Crippen LogP contribution >= 0.6 is 11.6 Å². The van der Waals surface area contributed by atoms with Gasteiger partial charge in [-0.2, -0.15) is 0 Å². The lowest BCUT2D eigenvalue weighted by molar-refractivity contribution is -0.383. The van der Waals surface area contributed by atoms with Gasteiger partial charge in [0.15, 0.2) is 0 Å². The molecule has 1 heterocycles. The molecule has 0 bridgehead atoms. The maximum Gasteiger partial charge on any atom is 0.294 e. The largest absolute Gasteiger partial charge is 0.393 e. The van der Waals surface area contributed by atoms with Gasteiger partial charge in [0.1, 0.15) is 5.69 Å². The lowest BCUT2D eigenvalue weighted by Crippen LogP contribution is -2.45. The van der Waals surface area contributed by atoms with Gasteiger partial charge in [0.05, 0.1) is 16.0 Å². The topological polar surface area (TPSA) is 110 Å². The third-order valence-electron chi connectivity index (χ3n) is 3.70. The number of nitrogens with zero attached hydrogens (tertiary/aromatic N) is 2. The average molecular weight is 314 g/mol. The molecule has 0 aromatic heterocycles. The van der Waals surface area contributed by atoms with Crippen molar-refractivity contribution in [2.24, 2.45) is 5.92 Å². The highest BCUT2D eigenvalue weighted by molar-refractivity contribution is 6.34. The molecule has 7 nitrogen and oxygen atoms in total. The van der Waals surface area contributed by atoms with E-state index in [4.69, 9.17) is 17.3 Å². The summed E-state index contributed by atoms with van der Waals surface area (Å²) in [5, 5.41) is 20.6. The van der Waals surface area contributed by atoms with Gasteiger partial charge in [-0.1, -0.05) is 18.5 Å². The molecule has 1 aromatic rings. The van der Waals surface area contributed by atoms with E-state index in [1.807, 2.05) is 6.92 Å². The van der Waals surface area contributed by atoms with Crippen molar-refractivity contribution in [2.75, 3.05) is 18.8 Å². The number of hydrogen-bond donors (Lipinski definition) is 2. The summed E-state index contributed by atoms with van der Waals surface area (Å²) in [4.78, 5) is 24.2. The van der Waals surface area contributed by atoms with Crippen molar-refractivity contribution in [3.8, 4) is 0 Å². The predicted octanol–water partition coefficient (Wildman–Crippen LogP) is 1.67. The number of nitro groups is 1. The lowest BCUT2D eigenvalue weighted by atomic mass is 9.96. The van der Waals surface area contributed by atoms with Crippen LogP contribution in [0.3, 0.4) is 0 Å². The van der Waals surface area contributed by atoms with Gasteiger partial charge < -0.3 is 15.7 Å². The van der Waals surface area contributed by atoms with E-state index in [1.165, 1.54) is 6.07 Å². The van der Waals surface area contributed by atoms with Crippen molar-refractivity contribution < 1.29 is 14.8 Å². The summed E-state index contributed by atoms with van der Waals surface area (Å²) in [7, 11) is 0. The number of aliphatic hydroxyl groups excluding tert-OH is 1. The van der Waals surface area contributed by atoms with Gasteiger partial charge in [-0.3, -0.25) is 14.9 Å². The molecule has 2 atom stereocenters. The Labute approximate surface area is 126 Å². The first-order chi connectivity index (χ1) is 9.81. The van der Waals surface area contributed by atoms with E-state index in [-0.39, 0.29) is 33.8 Å². The molecule has 8 heteroatoms. The van der Waals surface area contributed by atoms with Gasteiger partial charge in [-0.15, -0.1) is 0 Å². The van der Waals surface area contributed by atoms with Gasteiger partial charge in [-0.25, -0.2) is 0 Å². The molecule has 1 saturated heterocycles. The van der Waals surface area contributed by atoms with Gasteiger partial charge in [-0.05, 0) is 18.4 Å². The minimum Gasteiger partial charge on any atom is -0.393 e. The fourth-order valence-corrected chi connectivity index (χ4v) is 2.59. The number of carbonyl (C=O) groups excluding carboxylic acids is 1. The molecule has 0 radical (unpaired) electrons. The smallest absolute Gasteiger partial charge is 0.294 e. The number of nitrogen functional groups attached to an aromatic ring is 1. The standard InChI is InChI=1S/C13H16ClN3O4/c1-7-6-16(3-2-11(7)18)13(19)8-4-9(14)12(15)10(5-8)17(20)21/h4-5,7,11,18H,2-3,6,15H2,1H3. The summed E-state index contributed by atoms with van der Waals surface area (Å²) in [6, 6.07) is 2.47. The van der Waals surface area contributed by atoms with Crippen molar-refractivity contribution in [3.63, 3.8) is 0 Å². The second-order valence-electron chi connectivity index (χ2n) is 5.23. The Morgan fingerprint density at radius 1 is 1.57 bits per heavy atom. The number of piperidine rings is 1. The van der Waals surface area contributed by atoms with E-state index in [0.29, 0.717) is 19.5 Å². The monoisotopic (exact) mass is 313 g/mol. The van der Waals surface area contributed by atoms with Crippen molar-refractivity contribution >= 4 is 28.9 Å². The number of nitro benzene ring substituents is 1. The lowest BCUT2D eigenvalue weighted by Gasteiger charge is -2.34. The number of halogens is 1. The maximum absolute atomic E-state index is 12.4. The Balaban J connectivity index is 2.30. The Bertz CT molecular complexity index is 593. The number of likely N-dealkylation sites (tertiary alicyclic amines) is 1. The molecule has 1 aliphatic rings. The molecule has 1 aliphatic heterocycles. The summed E-state index contributed by atoms with van der Waals surface area (Å²) in [5.41, 5.74) is 5.14. The predicted molar refractivity (Wildman–Crippen MR) is 78.2 cm³/mol. The Morgan fingerprint density at radius 2 is 2.24 bits per heavy atom. The van der Waals surface area contributed by atoms with Crippen LogP contribution in [-0.4, -0.2) is 40.0 Å². The van der Waals surface area contributed by atoms with E-state index >= 15 is 0 Å². The van der Waals surface area contributed by atoms with Gasteiger partial charge in [0.2, 0.25) is 0 Å². The SMILES string of the molecule is CC1CN(C(=O)c2cc(Cl)c(N)c([N+](=O)[O-])c2)CCC1O. The number of rotatable bonds is 2. The van der Waals surface area contributed by atoms with Crippen molar-refractivity contribution in [3.05, 3.63) is 32.8 Å². The van der Waals surface area contributed by atoms with Crippen molar-refractivity contribution in [1.82, 2.24) is 4.90 Å². The second kappa shape index (κ2) is 5.87. The molecule has 3 N–H and O–H groups in total. The number of nitrogens with two attached hydrogens (primary N) is 1. The van der Waals surface area contributed by atoms with Gasteiger partial charge in [0, 0.05) is 24.7 Å². The van der Waals surface area contributed by atoms with Crippen LogP contribution in [0.2, 0.25) is 5.02 Å². The van der Waals surface area contributed by atoms with Crippen LogP contribution in [0.5, 0.6) is 0 Å². The quantitative estimate of drug-likeness (QED) is 0.490. The van der Waals surface area contributed by atoms with Gasteiger partial charge in [0.25, 0.3) is 11.6 Å². The molecule has 1 aromatic carbocycles. The van der Waals surface area contributed by atoms with E-state index < -0.39 is 11.0 Å². The second-order valence-corrected chi connectivity index (χ2v) is 5.64. The molecule has 21 heavy (non-hydrogen) atoms. The summed E-state index contributed by atoms with van der Waals surface area (Å²) in [5.74, 6) is -0.388. The number of aliphatic hydroxyl groups is 1. The van der Waals surface area contributed by atoms with E-state index in [1.54, 1.807) is 4.90 Å². The number of amides is 1. The zero-order chi connectivity index (χ0) is 15.7. The molecule has 114 valence electrons. The summed E-state index contributed by atoms with van der Waals surface area (Å²) >= 11 is 5.86. The first kappa shape index (κ1) is 15.5. The Hall–Kier alpha value is -1.86. The molecule has 0 saturated carbocycles. The normalized spacial score (nSPS) is 22.1. The first-order valence-corrected chi connectivity index (χ1v) is 6.89. The van der Waals surface area contributed by atoms with Crippen LogP contribution in [0.4, 0.5) is 11.4 Å². The fraction of sp³-hybridized carbons (Fsp3) is 0.462. The number of hydrogen-bond acceptors (Lipinski definition) is 5. The molecule has 0 aliphatic carbocycles. The first-order valence-electron chi connectivity index (χ1n) is 6.52. The highest BCUT2D eigenvalue weighted by Gasteiger charge is 2.29. The Kier molecular flexibility index (Phi) is 4.34. The zero-order valence-electron chi connectivity index (χ0n) is 11.5. The van der Waals surface area contributed by atoms with Crippen LogP contribution in [0, 0.1) is 16.0 Å². The molecule has 2 unspecified atom stereocenters. The average Bonchev–Trinajstić information content (AvgIpc) is 2.43. The fourth-order valence-electron chi connectivity index (χ4n) is 2.38. The highest BCUT2D eigenvalue weighted by atomic mass is 35.5. The van der Waals surface area contributed by atoms with Crippen LogP contribution < -0.4 is 5.73 Å². The van der Waals surface area contributed by atoms with E-state index in [9.17, 15) is 20.0 Å². The molecule has 1 amide bonds. The van der Waals surface area contributed by atoms with Crippen molar-refractivity contribution in [1.29, 1.82) is 0 Å². The summed E-state index contributed by atoms with van der Waals surface area (Å²) < 4.78 is 0. The van der Waals surface area contributed by atoms with E-state index in [2.05, 4.69) is 0 Å². The van der Waals surface area contributed by atoms with Crippen LogP contribution in [0.25, 0.3) is 0 Å². The third-order valence-corrected chi connectivity index (χ3v) is 4.01. The minimum absolute atomic E-state index is 0.0161. The summed E-state index contributed by atoms with van der Waals surface area (Å²) in [6.45, 7) is 2.65. The van der Waals surface area contributed by atoms with Gasteiger partial charge >= 0.3 is 0 Å². The van der Waals surface area contributed by atoms with Crippen LogP contribution in [0.1, 0.15) is 23.7 Å². The summed E-state index contributed by atoms with van der Waals surface area (Å²) in [6.07, 6.45) is 0.0518. The number of benzene rings is 1. The van der Waals surface area contributed by atoms with Crippen LogP contribution in [-0.2, 0) is 0 Å². The molecular weight excluding hydrogens is 298 g/mol.